The second kappa shape index (κ2) is 7.90. The van der Waals surface area contributed by atoms with Crippen LogP contribution in [0.1, 0.15) is 27.7 Å². The van der Waals surface area contributed by atoms with Gasteiger partial charge < -0.3 is 20.4 Å². The van der Waals surface area contributed by atoms with Crippen LogP contribution < -0.4 is 10.6 Å². The molecular weight excluding hydrogens is 375 g/mol. The Morgan fingerprint density at radius 2 is 1.97 bits per heavy atom. The molecule has 2 aromatic heterocycles. The monoisotopic (exact) mass is 398 g/mol. The number of pyridine rings is 1. The summed E-state index contributed by atoms with van der Waals surface area (Å²) in [6, 6.07) is 7.21. The third-order valence-electron chi connectivity index (χ3n) is 4.10. The molecule has 0 aliphatic carbocycles. The first-order chi connectivity index (χ1) is 13.6. The largest absolute Gasteiger partial charge is 0.444 e. The van der Waals surface area contributed by atoms with Gasteiger partial charge in [-0.15, -0.1) is 0 Å². The molecule has 8 heteroatoms. The van der Waals surface area contributed by atoms with E-state index in [1.807, 2.05) is 0 Å². The van der Waals surface area contributed by atoms with Crippen molar-refractivity contribution in [1.82, 2.24) is 15.3 Å². The zero-order chi connectivity index (χ0) is 21.2. The topological polar surface area (TPSA) is 96.1 Å². The second-order valence-electron chi connectivity index (χ2n) is 7.68. The van der Waals surface area contributed by atoms with Crippen LogP contribution in [-0.4, -0.2) is 33.6 Å². The molecule has 29 heavy (non-hydrogen) atoms. The first kappa shape index (κ1) is 20.3. The van der Waals surface area contributed by atoms with E-state index in [-0.39, 0.29) is 5.82 Å². The minimum Gasteiger partial charge on any atom is -0.444 e. The Morgan fingerprint density at radius 1 is 1.21 bits per heavy atom. The van der Waals surface area contributed by atoms with Gasteiger partial charge >= 0.3 is 6.09 Å². The number of hydrogen-bond acceptors (Lipinski definition) is 4. The van der Waals surface area contributed by atoms with Gasteiger partial charge in [-0.3, -0.25) is 4.79 Å². The van der Waals surface area contributed by atoms with Gasteiger partial charge in [0.1, 0.15) is 23.3 Å². The second-order valence-corrected chi connectivity index (χ2v) is 7.68. The number of nitrogens with zero attached hydrogens (tertiary/aromatic N) is 1. The summed E-state index contributed by atoms with van der Waals surface area (Å²) in [4.78, 5) is 31.3. The number of hydrogen-bond donors (Lipinski definition) is 3. The van der Waals surface area contributed by atoms with E-state index in [0.717, 1.165) is 16.5 Å². The average molecular weight is 398 g/mol. The number of H-pyrrole nitrogens is 1. The average Bonchev–Trinajstić information content (AvgIpc) is 3.03. The molecule has 7 nitrogen and oxygen atoms in total. The highest BCUT2D eigenvalue weighted by Crippen LogP contribution is 2.29. The first-order valence-corrected chi connectivity index (χ1v) is 9.16. The Hall–Kier alpha value is -3.42. The van der Waals surface area contributed by atoms with Crippen LogP contribution in [0.5, 0.6) is 0 Å². The SMILES string of the molecule is C[C@H](NC(=O)OC(C)(C)C)C(=O)Nc1ccc(-c2c[nH]c3cc(F)ccc23)cn1. The van der Waals surface area contributed by atoms with Crippen molar-refractivity contribution in [1.29, 1.82) is 0 Å². The summed E-state index contributed by atoms with van der Waals surface area (Å²) in [5.41, 5.74) is 1.75. The molecule has 0 saturated carbocycles. The van der Waals surface area contributed by atoms with E-state index in [2.05, 4.69) is 20.6 Å². The summed E-state index contributed by atoms with van der Waals surface area (Å²) in [5, 5.41) is 6.00. The normalized spacial score (nSPS) is 12.4. The maximum absolute atomic E-state index is 13.3. The Bertz CT molecular complexity index is 1040. The van der Waals surface area contributed by atoms with Crippen LogP contribution in [0, 0.1) is 5.82 Å². The van der Waals surface area contributed by atoms with Crippen molar-refractivity contribution in [3.8, 4) is 11.1 Å². The number of halogens is 1. The molecular formula is C21H23FN4O3. The van der Waals surface area contributed by atoms with Gasteiger partial charge in [-0.25, -0.2) is 14.2 Å². The van der Waals surface area contributed by atoms with E-state index in [1.165, 1.54) is 12.1 Å². The maximum Gasteiger partial charge on any atom is 0.408 e. The summed E-state index contributed by atoms with van der Waals surface area (Å²) >= 11 is 0. The van der Waals surface area contributed by atoms with E-state index in [1.54, 1.807) is 58.3 Å². The van der Waals surface area contributed by atoms with Gasteiger partial charge in [0.2, 0.25) is 5.91 Å². The van der Waals surface area contributed by atoms with Crippen LogP contribution in [0.15, 0.2) is 42.7 Å². The number of fused-ring (bicyclic) bond motifs is 1. The van der Waals surface area contributed by atoms with Crippen molar-refractivity contribution < 1.29 is 18.7 Å². The fraction of sp³-hybridized carbons (Fsp3) is 0.286. The zero-order valence-electron chi connectivity index (χ0n) is 16.7. The summed E-state index contributed by atoms with van der Waals surface area (Å²) in [5.74, 6) is -0.377. The number of aromatic amines is 1. The molecule has 0 saturated heterocycles. The summed E-state index contributed by atoms with van der Waals surface area (Å²) in [7, 11) is 0. The molecule has 152 valence electrons. The molecule has 0 aliphatic rings. The van der Waals surface area contributed by atoms with Crippen LogP contribution in [0.2, 0.25) is 0 Å². The molecule has 3 aromatic rings. The molecule has 0 unspecified atom stereocenters. The van der Waals surface area contributed by atoms with Crippen LogP contribution >= 0.6 is 0 Å². The lowest BCUT2D eigenvalue weighted by molar-refractivity contribution is -0.117. The highest BCUT2D eigenvalue weighted by molar-refractivity contribution is 5.97. The van der Waals surface area contributed by atoms with E-state index >= 15 is 0 Å². The number of carbonyl (C=O) groups is 2. The van der Waals surface area contributed by atoms with Crippen molar-refractivity contribution in [3.05, 3.63) is 48.5 Å². The van der Waals surface area contributed by atoms with Crippen LogP contribution in [0.4, 0.5) is 15.0 Å². The Labute approximate surface area is 167 Å². The molecule has 2 heterocycles. The van der Waals surface area contributed by atoms with Gasteiger partial charge in [-0.2, -0.15) is 0 Å². The molecule has 3 rings (SSSR count). The number of nitrogens with one attached hydrogen (secondary N) is 3. The highest BCUT2D eigenvalue weighted by atomic mass is 19.1. The van der Waals surface area contributed by atoms with Gasteiger partial charge in [0.25, 0.3) is 0 Å². The molecule has 0 bridgehead atoms. The molecule has 2 amide bonds. The van der Waals surface area contributed by atoms with Crippen molar-refractivity contribution in [3.63, 3.8) is 0 Å². The van der Waals surface area contributed by atoms with Crippen molar-refractivity contribution in [2.75, 3.05) is 5.32 Å². The van der Waals surface area contributed by atoms with Gasteiger partial charge in [-0.05, 0) is 58.0 Å². The number of aromatic nitrogens is 2. The third kappa shape index (κ3) is 5.10. The minimum atomic E-state index is -0.796. The lowest BCUT2D eigenvalue weighted by atomic mass is 10.1. The van der Waals surface area contributed by atoms with Gasteiger partial charge in [-0.1, -0.05) is 0 Å². The molecule has 0 aliphatic heterocycles. The smallest absolute Gasteiger partial charge is 0.408 e. The quantitative estimate of drug-likeness (QED) is 0.613. The molecule has 3 N–H and O–H groups in total. The number of benzene rings is 1. The summed E-state index contributed by atoms with van der Waals surface area (Å²) in [6.45, 7) is 6.78. The number of alkyl carbamates (subject to hydrolysis) is 1. The van der Waals surface area contributed by atoms with Gasteiger partial charge in [0.05, 0.1) is 0 Å². The molecule has 1 atom stereocenters. The number of carbonyl (C=O) groups excluding carboxylic acids is 2. The fourth-order valence-corrected chi connectivity index (χ4v) is 2.75. The third-order valence-corrected chi connectivity index (χ3v) is 4.10. The Kier molecular flexibility index (Phi) is 5.54. The zero-order valence-corrected chi connectivity index (χ0v) is 16.7. The maximum atomic E-state index is 13.3. The summed E-state index contributed by atoms with van der Waals surface area (Å²) in [6.07, 6.45) is 2.74. The van der Waals surface area contributed by atoms with Crippen molar-refractivity contribution in [2.24, 2.45) is 0 Å². The molecule has 1 aromatic carbocycles. The van der Waals surface area contributed by atoms with Gasteiger partial charge in [0, 0.05) is 34.4 Å². The van der Waals surface area contributed by atoms with E-state index < -0.39 is 23.6 Å². The minimum absolute atomic E-state index is 0.309. The predicted molar refractivity (Wildman–Crippen MR) is 109 cm³/mol. The first-order valence-electron chi connectivity index (χ1n) is 9.16. The van der Waals surface area contributed by atoms with Crippen LogP contribution in [0.3, 0.4) is 0 Å². The van der Waals surface area contributed by atoms with Crippen LogP contribution in [-0.2, 0) is 9.53 Å². The highest BCUT2D eigenvalue weighted by Gasteiger charge is 2.21. The van der Waals surface area contributed by atoms with E-state index in [9.17, 15) is 14.0 Å². The molecule has 0 spiro atoms. The molecule has 0 fully saturated rings. The van der Waals surface area contributed by atoms with Crippen molar-refractivity contribution in [2.45, 2.75) is 39.3 Å². The predicted octanol–water partition coefficient (Wildman–Crippen LogP) is 4.22. The number of ether oxygens (including phenoxy) is 1. The van der Waals surface area contributed by atoms with E-state index in [4.69, 9.17) is 4.74 Å². The summed E-state index contributed by atoms with van der Waals surface area (Å²) < 4.78 is 18.5. The van der Waals surface area contributed by atoms with Crippen LogP contribution in [0.25, 0.3) is 22.0 Å². The Morgan fingerprint density at radius 3 is 2.62 bits per heavy atom. The lowest BCUT2D eigenvalue weighted by Gasteiger charge is -2.21. The Balaban J connectivity index is 1.65. The lowest BCUT2D eigenvalue weighted by Crippen LogP contribution is -2.44. The van der Waals surface area contributed by atoms with E-state index in [0.29, 0.717) is 11.3 Å². The molecule has 0 radical (unpaired) electrons. The van der Waals surface area contributed by atoms with Crippen molar-refractivity contribution >= 4 is 28.7 Å². The number of amides is 2. The van der Waals surface area contributed by atoms with Gasteiger partial charge in [0.15, 0.2) is 0 Å². The number of anilines is 1. The fourth-order valence-electron chi connectivity index (χ4n) is 2.75. The standard InChI is InChI=1S/C21H23FN4O3/c1-12(25-20(28)29-21(2,3)4)19(27)26-18-8-5-13(10-24-18)16-11-23-17-9-14(22)6-7-15(16)17/h5-12,23H,1-4H3,(H,25,28)(H,24,26,27)/t12-/m0/s1. The number of rotatable bonds is 4.